The lowest BCUT2D eigenvalue weighted by Crippen LogP contribution is -2.33. The van der Waals surface area contributed by atoms with Crippen LogP contribution in [0.3, 0.4) is 0 Å². The third-order valence-corrected chi connectivity index (χ3v) is 7.24. The number of halogens is 3. The quantitative estimate of drug-likeness (QED) is 0.251. The molecular formula is C25H23F3N6O6S. The van der Waals surface area contributed by atoms with Gasteiger partial charge in [0, 0.05) is 47.9 Å². The second-order valence-electron chi connectivity index (χ2n) is 8.98. The molecular weight excluding hydrogens is 569 g/mol. The van der Waals surface area contributed by atoms with E-state index in [0.29, 0.717) is 24.2 Å². The van der Waals surface area contributed by atoms with Gasteiger partial charge in [0.25, 0.3) is 5.91 Å². The molecule has 0 atom stereocenters. The summed E-state index contributed by atoms with van der Waals surface area (Å²) in [5, 5.41) is 26.3. The molecule has 1 saturated carbocycles. The average molecular weight is 593 g/mol. The first kappa shape index (κ1) is 29.4. The molecule has 0 aromatic carbocycles. The van der Waals surface area contributed by atoms with Gasteiger partial charge in [-0.25, -0.2) is 24.4 Å². The van der Waals surface area contributed by atoms with Crippen molar-refractivity contribution in [1.82, 2.24) is 25.6 Å². The number of nitrogens with zero attached hydrogens (tertiary/aromatic N) is 3. The molecule has 5 N–H and O–H groups in total. The number of carbonyl (C=O) groups excluding carboxylic acids is 2. The van der Waals surface area contributed by atoms with Crippen LogP contribution >= 0.6 is 11.3 Å². The maximum atomic E-state index is 14.1. The number of nitrogens with one attached hydrogen (secondary N) is 3. The molecule has 1 aliphatic rings. The van der Waals surface area contributed by atoms with Crippen LogP contribution in [0.25, 0.3) is 21.7 Å². The van der Waals surface area contributed by atoms with E-state index in [2.05, 4.69) is 30.9 Å². The first-order valence-electron chi connectivity index (χ1n) is 12.3. The van der Waals surface area contributed by atoms with Crippen molar-refractivity contribution < 1.29 is 42.6 Å². The minimum absolute atomic E-state index is 0.000163. The first-order chi connectivity index (χ1) is 19.4. The van der Waals surface area contributed by atoms with Crippen LogP contribution < -0.4 is 16.0 Å². The number of aromatic carboxylic acids is 2. The van der Waals surface area contributed by atoms with Gasteiger partial charge in [0.15, 0.2) is 5.69 Å². The summed E-state index contributed by atoms with van der Waals surface area (Å²) in [5.41, 5.74) is -3.08. The summed E-state index contributed by atoms with van der Waals surface area (Å²) in [5.74, 6) is -4.55. The molecule has 216 valence electrons. The number of anilines is 1. The molecule has 12 nitrogen and oxygen atoms in total. The molecule has 0 bridgehead atoms. The van der Waals surface area contributed by atoms with Gasteiger partial charge in [0.2, 0.25) is 0 Å². The van der Waals surface area contributed by atoms with Gasteiger partial charge >= 0.3 is 24.1 Å². The number of rotatable bonds is 8. The van der Waals surface area contributed by atoms with Crippen molar-refractivity contribution in [2.75, 3.05) is 11.9 Å². The van der Waals surface area contributed by atoms with Crippen molar-refractivity contribution in [3.8, 4) is 21.7 Å². The van der Waals surface area contributed by atoms with Crippen molar-refractivity contribution in [3.63, 3.8) is 0 Å². The van der Waals surface area contributed by atoms with Crippen LogP contribution in [0.5, 0.6) is 0 Å². The van der Waals surface area contributed by atoms with Crippen LogP contribution in [0.1, 0.15) is 68.7 Å². The summed E-state index contributed by atoms with van der Waals surface area (Å²) < 4.78 is 42.3. The molecule has 0 spiro atoms. The fourth-order valence-corrected chi connectivity index (χ4v) is 5.42. The standard InChI is InChI=1S/C25H23F3N6O6S/c1-2-30-24(40)34-19-16(23(38)39)15(14(10-31-19)11-7-12(22(36)37)9-29-8-11)21-33-18(25(26,27)28)17(41-21)20(35)32-13-5-3-4-6-13/h7-10,13H,2-6H2,1H3,(H,32,35)(H,36,37)(H,38,39)(H2,30,31,34,40). The number of carboxylic acid groups (broad SMARTS) is 2. The normalized spacial score (nSPS) is 13.6. The molecule has 3 amide bonds. The summed E-state index contributed by atoms with van der Waals surface area (Å²) in [4.78, 5) is 60.0. The zero-order valence-corrected chi connectivity index (χ0v) is 22.1. The minimum Gasteiger partial charge on any atom is -0.478 e. The monoisotopic (exact) mass is 592 g/mol. The number of amides is 3. The number of carbonyl (C=O) groups is 4. The Kier molecular flexibility index (Phi) is 8.51. The first-order valence-corrected chi connectivity index (χ1v) is 13.1. The summed E-state index contributed by atoms with van der Waals surface area (Å²) in [6, 6.07) is -0.00919. The van der Waals surface area contributed by atoms with Gasteiger partial charge in [-0.15, -0.1) is 11.3 Å². The van der Waals surface area contributed by atoms with Crippen LogP contribution in [0.15, 0.2) is 24.7 Å². The number of aromatic nitrogens is 3. The van der Waals surface area contributed by atoms with Crippen LogP contribution in [-0.2, 0) is 6.18 Å². The Morgan fingerprint density at radius 2 is 1.78 bits per heavy atom. The van der Waals surface area contributed by atoms with E-state index in [1.165, 1.54) is 6.20 Å². The average Bonchev–Trinajstić information content (AvgIpc) is 3.58. The van der Waals surface area contributed by atoms with E-state index < -0.39 is 62.6 Å². The van der Waals surface area contributed by atoms with Crippen molar-refractivity contribution in [2.24, 2.45) is 0 Å². The van der Waals surface area contributed by atoms with Crippen LogP contribution in [0, 0.1) is 0 Å². The number of carboxylic acids is 2. The Morgan fingerprint density at radius 3 is 2.39 bits per heavy atom. The summed E-state index contributed by atoms with van der Waals surface area (Å²) in [7, 11) is 0. The van der Waals surface area contributed by atoms with Gasteiger partial charge in [0.05, 0.1) is 5.56 Å². The number of alkyl halides is 3. The van der Waals surface area contributed by atoms with Gasteiger partial charge in [0.1, 0.15) is 21.3 Å². The predicted octanol–water partition coefficient (Wildman–Crippen LogP) is 4.50. The van der Waals surface area contributed by atoms with E-state index in [-0.39, 0.29) is 29.3 Å². The molecule has 3 aromatic rings. The largest absolute Gasteiger partial charge is 0.478 e. The Balaban J connectivity index is 1.98. The maximum Gasteiger partial charge on any atom is 0.435 e. The summed E-state index contributed by atoms with van der Waals surface area (Å²) in [6.45, 7) is 1.78. The highest BCUT2D eigenvalue weighted by atomic mass is 32.1. The van der Waals surface area contributed by atoms with Gasteiger partial charge in [-0.2, -0.15) is 13.2 Å². The van der Waals surface area contributed by atoms with E-state index in [9.17, 15) is 42.6 Å². The van der Waals surface area contributed by atoms with Gasteiger partial charge in [-0.05, 0) is 25.8 Å². The highest BCUT2D eigenvalue weighted by Gasteiger charge is 2.41. The zero-order chi connectivity index (χ0) is 29.9. The number of thiazole rings is 1. The van der Waals surface area contributed by atoms with Crippen molar-refractivity contribution in [3.05, 3.63) is 46.4 Å². The van der Waals surface area contributed by atoms with Gasteiger partial charge in [-0.1, -0.05) is 12.8 Å². The Hall–Kier alpha value is -4.60. The Morgan fingerprint density at radius 1 is 1.07 bits per heavy atom. The van der Waals surface area contributed by atoms with Crippen LogP contribution in [-0.4, -0.2) is 61.6 Å². The van der Waals surface area contributed by atoms with E-state index in [1.807, 2.05) is 0 Å². The molecule has 16 heteroatoms. The molecule has 41 heavy (non-hydrogen) atoms. The van der Waals surface area contributed by atoms with Crippen molar-refractivity contribution in [1.29, 1.82) is 0 Å². The lowest BCUT2D eigenvalue weighted by Gasteiger charge is -2.15. The number of urea groups is 1. The number of hydrogen-bond acceptors (Lipinski definition) is 8. The summed E-state index contributed by atoms with van der Waals surface area (Å²) in [6.07, 6.45) is 1.03. The van der Waals surface area contributed by atoms with Crippen LogP contribution in [0.4, 0.5) is 23.8 Å². The molecule has 4 rings (SSSR count). The lowest BCUT2D eigenvalue weighted by molar-refractivity contribution is -0.141. The molecule has 3 aromatic heterocycles. The van der Waals surface area contributed by atoms with Gasteiger partial charge < -0.3 is 20.8 Å². The van der Waals surface area contributed by atoms with Gasteiger partial charge in [-0.3, -0.25) is 15.1 Å². The zero-order valence-electron chi connectivity index (χ0n) is 21.3. The smallest absolute Gasteiger partial charge is 0.435 e. The second-order valence-corrected chi connectivity index (χ2v) is 9.98. The SMILES string of the molecule is CCNC(=O)Nc1ncc(-c2cncc(C(=O)O)c2)c(-c2nc(C(F)(F)F)c(C(=O)NC3CCCC3)s2)c1C(=O)O. The lowest BCUT2D eigenvalue weighted by atomic mass is 9.97. The molecule has 3 heterocycles. The highest BCUT2D eigenvalue weighted by Crippen LogP contribution is 2.43. The molecule has 0 aliphatic heterocycles. The van der Waals surface area contributed by atoms with E-state index in [1.54, 1.807) is 6.92 Å². The van der Waals surface area contributed by atoms with E-state index in [0.717, 1.165) is 31.3 Å². The number of hydrogen-bond donors (Lipinski definition) is 5. The van der Waals surface area contributed by atoms with E-state index in [4.69, 9.17) is 0 Å². The van der Waals surface area contributed by atoms with E-state index >= 15 is 0 Å². The third-order valence-electron chi connectivity index (χ3n) is 6.16. The van der Waals surface area contributed by atoms with Crippen LogP contribution in [0.2, 0.25) is 0 Å². The highest BCUT2D eigenvalue weighted by molar-refractivity contribution is 7.17. The minimum atomic E-state index is -5.07. The molecule has 0 unspecified atom stereocenters. The Bertz CT molecular complexity index is 1520. The fraction of sp³-hybridized carbons (Fsp3) is 0.320. The topological polar surface area (TPSA) is 183 Å². The Labute approximate surface area is 234 Å². The van der Waals surface area contributed by atoms with Crippen molar-refractivity contribution in [2.45, 2.75) is 44.8 Å². The van der Waals surface area contributed by atoms with Crippen molar-refractivity contribution >= 4 is 41.0 Å². The third kappa shape index (κ3) is 6.42. The fourth-order valence-electron chi connectivity index (χ4n) is 4.37. The molecule has 0 radical (unpaired) electrons. The molecule has 0 saturated heterocycles. The maximum absolute atomic E-state index is 14.1. The summed E-state index contributed by atoms with van der Waals surface area (Å²) >= 11 is 0.320. The molecule has 1 fully saturated rings. The second kappa shape index (κ2) is 11.9. The number of pyridine rings is 2. The molecule has 1 aliphatic carbocycles. The predicted molar refractivity (Wildman–Crippen MR) is 140 cm³/mol.